The predicted molar refractivity (Wildman–Crippen MR) is 67.5 cm³/mol. The molecule has 0 aliphatic carbocycles. The molecule has 2 rings (SSSR count). The van der Waals surface area contributed by atoms with Crippen LogP contribution in [0.15, 0.2) is 23.1 Å². The monoisotopic (exact) mass is 306 g/mol. The van der Waals surface area contributed by atoms with Crippen molar-refractivity contribution < 1.29 is 18.4 Å². The van der Waals surface area contributed by atoms with E-state index >= 15 is 0 Å². The quantitative estimate of drug-likeness (QED) is 0.663. The Morgan fingerprint density at radius 3 is 2.68 bits per heavy atom. The fourth-order valence-corrected chi connectivity index (χ4v) is 3.57. The van der Waals surface area contributed by atoms with Gasteiger partial charge in [-0.15, -0.1) is 0 Å². The SMILES string of the molecule is O=[N+]([O-])c1cc(S(=O)(=O)N2CC[C@@H](O)C2)ccc1Cl. The molecule has 9 heteroatoms. The van der Waals surface area contributed by atoms with Crippen LogP contribution in [-0.4, -0.2) is 41.9 Å². The number of nitro benzene ring substituents is 1. The maximum Gasteiger partial charge on any atom is 0.289 e. The summed E-state index contributed by atoms with van der Waals surface area (Å²) in [5.41, 5.74) is -0.456. The van der Waals surface area contributed by atoms with Crippen LogP contribution in [0.1, 0.15) is 6.42 Å². The summed E-state index contributed by atoms with van der Waals surface area (Å²) in [7, 11) is -3.83. The number of rotatable bonds is 3. The highest BCUT2D eigenvalue weighted by Crippen LogP contribution is 2.29. The molecule has 1 aliphatic heterocycles. The molecule has 1 heterocycles. The van der Waals surface area contributed by atoms with Crippen molar-refractivity contribution in [2.45, 2.75) is 17.4 Å². The fourth-order valence-electron chi connectivity index (χ4n) is 1.87. The molecule has 19 heavy (non-hydrogen) atoms. The second-order valence-electron chi connectivity index (χ2n) is 4.18. The van der Waals surface area contributed by atoms with Crippen LogP contribution in [0.25, 0.3) is 0 Å². The minimum Gasteiger partial charge on any atom is -0.392 e. The first-order chi connectivity index (χ1) is 8.82. The summed E-state index contributed by atoms with van der Waals surface area (Å²) >= 11 is 5.63. The van der Waals surface area contributed by atoms with Gasteiger partial charge in [0.1, 0.15) is 5.02 Å². The molecular formula is C10H11ClN2O5S. The predicted octanol–water partition coefficient (Wildman–Crippen LogP) is 1.00. The lowest BCUT2D eigenvalue weighted by molar-refractivity contribution is -0.384. The van der Waals surface area contributed by atoms with E-state index < -0.39 is 26.7 Å². The van der Waals surface area contributed by atoms with E-state index in [1.807, 2.05) is 0 Å². The first kappa shape index (κ1) is 14.2. The Kier molecular flexibility index (Phi) is 3.77. The molecule has 0 unspecified atom stereocenters. The number of benzene rings is 1. The summed E-state index contributed by atoms with van der Waals surface area (Å²) in [5.74, 6) is 0. The van der Waals surface area contributed by atoms with Gasteiger partial charge in [-0.2, -0.15) is 4.31 Å². The van der Waals surface area contributed by atoms with Gasteiger partial charge >= 0.3 is 0 Å². The second kappa shape index (κ2) is 5.04. The number of nitrogens with zero attached hydrogens (tertiary/aromatic N) is 2. The van der Waals surface area contributed by atoms with Crippen molar-refractivity contribution in [3.63, 3.8) is 0 Å². The van der Waals surface area contributed by atoms with Gasteiger partial charge in [-0.3, -0.25) is 10.1 Å². The zero-order valence-electron chi connectivity index (χ0n) is 9.69. The molecule has 1 atom stereocenters. The van der Waals surface area contributed by atoms with Gasteiger partial charge in [-0.25, -0.2) is 8.42 Å². The summed E-state index contributed by atoms with van der Waals surface area (Å²) < 4.78 is 25.5. The summed E-state index contributed by atoms with van der Waals surface area (Å²) in [4.78, 5) is 9.81. The number of β-amino-alcohol motifs (C(OH)–C–C–N with tert-alkyl or cyclic N) is 1. The van der Waals surface area contributed by atoms with E-state index in [1.54, 1.807) is 0 Å². The van der Waals surface area contributed by atoms with Gasteiger partial charge in [0.2, 0.25) is 10.0 Å². The molecule has 1 aromatic rings. The molecule has 1 N–H and O–H groups in total. The Balaban J connectivity index is 2.41. The molecule has 1 saturated heterocycles. The van der Waals surface area contributed by atoms with Gasteiger partial charge in [0.05, 0.1) is 15.9 Å². The summed E-state index contributed by atoms with van der Waals surface area (Å²) in [6, 6.07) is 3.33. The lowest BCUT2D eigenvalue weighted by atomic mass is 10.3. The summed E-state index contributed by atoms with van der Waals surface area (Å²) in [6.45, 7) is 0.193. The van der Waals surface area contributed by atoms with Crippen LogP contribution in [0.3, 0.4) is 0 Å². The van der Waals surface area contributed by atoms with Crippen LogP contribution in [0.5, 0.6) is 0 Å². The number of hydrogen-bond donors (Lipinski definition) is 1. The zero-order valence-corrected chi connectivity index (χ0v) is 11.3. The van der Waals surface area contributed by atoms with E-state index in [0.29, 0.717) is 6.42 Å². The summed E-state index contributed by atoms with van der Waals surface area (Å²) in [6.07, 6.45) is -0.341. The molecule has 0 radical (unpaired) electrons. The largest absolute Gasteiger partial charge is 0.392 e. The lowest BCUT2D eigenvalue weighted by Gasteiger charge is -2.15. The molecule has 0 amide bonds. The maximum atomic E-state index is 12.2. The number of aliphatic hydroxyl groups excluding tert-OH is 1. The van der Waals surface area contributed by atoms with E-state index in [1.165, 1.54) is 12.1 Å². The number of nitro groups is 1. The van der Waals surface area contributed by atoms with Gasteiger partial charge in [0.25, 0.3) is 5.69 Å². The van der Waals surface area contributed by atoms with Gasteiger partial charge in [0, 0.05) is 19.2 Å². The Hall–Kier alpha value is -1.22. The topological polar surface area (TPSA) is 101 Å². The van der Waals surface area contributed by atoms with Crippen LogP contribution in [0, 0.1) is 10.1 Å². The third kappa shape index (κ3) is 2.71. The third-order valence-corrected chi connectivity index (χ3v) is 5.06. The molecule has 0 aromatic heterocycles. The van der Waals surface area contributed by atoms with Crippen molar-refractivity contribution in [1.82, 2.24) is 4.31 Å². The third-order valence-electron chi connectivity index (χ3n) is 2.88. The van der Waals surface area contributed by atoms with Crippen LogP contribution < -0.4 is 0 Å². The first-order valence-corrected chi connectivity index (χ1v) is 7.26. The Morgan fingerprint density at radius 1 is 1.47 bits per heavy atom. The van der Waals surface area contributed by atoms with Crippen molar-refractivity contribution in [3.8, 4) is 0 Å². The van der Waals surface area contributed by atoms with Gasteiger partial charge < -0.3 is 5.11 Å². The maximum absolute atomic E-state index is 12.2. The number of aliphatic hydroxyl groups is 1. The molecule has 0 bridgehead atoms. The highest BCUT2D eigenvalue weighted by Gasteiger charge is 2.32. The molecular weight excluding hydrogens is 296 g/mol. The van der Waals surface area contributed by atoms with E-state index in [-0.39, 0.29) is 23.0 Å². The molecule has 1 aliphatic rings. The fraction of sp³-hybridized carbons (Fsp3) is 0.400. The van der Waals surface area contributed by atoms with E-state index in [2.05, 4.69) is 0 Å². The van der Waals surface area contributed by atoms with Crippen molar-refractivity contribution >= 4 is 27.3 Å². The molecule has 104 valence electrons. The van der Waals surface area contributed by atoms with E-state index in [9.17, 15) is 23.6 Å². The van der Waals surface area contributed by atoms with Crippen molar-refractivity contribution in [2.75, 3.05) is 13.1 Å². The molecule has 7 nitrogen and oxygen atoms in total. The minimum atomic E-state index is -3.83. The van der Waals surface area contributed by atoms with Crippen LogP contribution in [-0.2, 0) is 10.0 Å². The van der Waals surface area contributed by atoms with Gasteiger partial charge in [0.15, 0.2) is 0 Å². The normalized spacial score (nSPS) is 20.6. The Labute approximate surface area is 114 Å². The number of hydrogen-bond acceptors (Lipinski definition) is 5. The zero-order chi connectivity index (χ0) is 14.2. The smallest absolute Gasteiger partial charge is 0.289 e. The van der Waals surface area contributed by atoms with Crippen molar-refractivity contribution in [1.29, 1.82) is 0 Å². The minimum absolute atomic E-state index is 0.00123. The Bertz CT molecular complexity index is 618. The molecule has 0 saturated carbocycles. The number of sulfonamides is 1. The van der Waals surface area contributed by atoms with Crippen molar-refractivity contribution in [3.05, 3.63) is 33.3 Å². The standard InChI is InChI=1S/C10H11ClN2O5S/c11-9-2-1-8(5-10(9)13(15)16)19(17,18)12-4-3-7(14)6-12/h1-2,5,7,14H,3-4,6H2/t7-/m1/s1. The Morgan fingerprint density at radius 2 is 2.16 bits per heavy atom. The average Bonchev–Trinajstić information content (AvgIpc) is 2.76. The van der Waals surface area contributed by atoms with Crippen LogP contribution in [0.2, 0.25) is 5.02 Å². The molecule has 0 spiro atoms. The molecule has 1 aromatic carbocycles. The van der Waals surface area contributed by atoms with Crippen LogP contribution in [0.4, 0.5) is 5.69 Å². The van der Waals surface area contributed by atoms with Gasteiger partial charge in [-0.05, 0) is 18.6 Å². The highest BCUT2D eigenvalue weighted by atomic mass is 35.5. The highest BCUT2D eigenvalue weighted by molar-refractivity contribution is 7.89. The summed E-state index contributed by atoms with van der Waals surface area (Å²) in [5, 5.41) is 20.0. The molecule has 1 fully saturated rings. The van der Waals surface area contributed by atoms with Gasteiger partial charge in [-0.1, -0.05) is 11.6 Å². The lowest BCUT2D eigenvalue weighted by Crippen LogP contribution is -2.29. The van der Waals surface area contributed by atoms with Crippen molar-refractivity contribution in [2.24, 2.45) is 0 Å². The average molecular weight is 307 g/mol. The first-order valence-electron chi connectivity index (χ1n) is 5.44. The second-order valence-corrected chi connectivity index (χ2v) is 6.52. The van der Waals surface area contributed by atoms with E-state index in [4.69, 9.17) is 11.6 Å². The van der Waals surface area contributed by atoms with Crippen LogP contribution >= 0.6 is 11.6 Å². The number of halogens is 1. The van der Waals surface area contributed by atoms with E-state index in [0.717, 1.165) is 10.4 Å².